The summed E-state index contributed by atoms with van der Waals surface area (Å²) in [6, 6.07) is 5.87. The van der Waals surface area contributed by atoms with E-state index in [0.717, 1.165) is 23.3 Å². The Morgan fingerprint density at radius 3 is 2.52 bits per heavy atom. The second-order valence-corrected chi connectivity index (χ2v) is 8.81. The molecule has 1 fully saturated rings. The lowest BCUT2D eigenvalue weighted by molar-refractivity contribution is 0.0584. The summed E-state index contributed by atoms with van der Waals surface area (Å²) < 4.78 is 0.895. The Labute approximate surface area is 138 Å². The third-order valence-electron chi connectivity index (χ3n) is 4.50. The molecule has 2 nitrogen and oxygen atoms in total. The molecule has 21 heavy (non-hydrogen) atoms. The molecule has 0 amide bonds. The molecule has 0 saturated carbocycles. The van der Waals surface area contributed by atoms with Gasteiger partial charge in [-0.3, -0.25) is 4.90 Å². The van der Waals surface area contributed by atoms with Crippen LogP contribution in [0.4, 0.5) is 0 Å². The maximum Gasteiger partial charge on any atom is 0.0931 e. The Hall–Kier alpha value is -0.0900. The van der Waals surface area contributed by atoms with Gasteiger partial charge in [0.2, 0.25) is 0 Å². The fourth-order valence-electron chi connectivity index (χ4n) is 3.37. The van der Waals surface area contributed by atoms with Gasteiger partial charge in [0.25, 0.3) is 0 Å². The average molecular weight is 329 g/mol. The highest BCUT2D eigenvalue weighted by Gasteiger charge is 2.33. The first-order valence-corrected chi connectivity index (χ1v) is 9.32. The number of rotatable bonds is 5. The molecule has 2 rings (SSSR count). The monoisotopic (exact) mass is 328 g/mol. The van der Waals surface area contributed by atoms with Crippen molar-refractivity contribution in [1.82, 2.24) is 10.2 Å². The van der Waals surface area contributed by atoms with Gasteiger partial charge in [-0.05, 0) is 37.3 Å². The molecule has 0 bridgehead atoms. The van der Waals surface area contributed by atoms with E-state index in [1.807, 2.05) is 6.07 Å². The van der Waals surface area contributed by atoms with Gasteiger partial charge in [-0.25, -0.2) is 0 Å². The summed E-state index contributed by atoms with van der Waals surface area (Å²) in [5.74, 6) is 1.40. The summed E-state index contributed by atoms with van der Waals surface area (Å²) in [5, 5.41) is 3.76. The van der Waals surface area contributed by atoms with Gasteiger partial charge in [0.05, 0.1) is 4.34 Å². The van der Waals surface area contributed by atoms with E-state index in [4.69, 9.17) is 11.6 Å². The van der Waals surface area contributed by atoms with Crippen molar-refractivity contribution >= 4 is 22.9 Å². The standard InChI is InChI=1S/C17H29ClN2S/c1-11(2)8-14-10-20(15(9-19-14)12(3)4)13(5)16-6-7-17(18)21-16/h6-7,11-15,19H,8-10H2,1-5H3. The molecule has 0 aromatic carbocycles. The maximum absolute atomic E-state index is 6.13. The molecular formula is C17H29ClN2S. The fraction of sp³-hybridized carbons (Fsp3) is 0.765. The van der Waals surface area contributed by atoms with Gasteiger partial charge in [0, 0.05) is 36.1 Å². The minimum Gasteiger partial charge on any atom is -0.311 e. The van der Waals surface area contributed by atoms with Crippen LogP contribution in [0.15, 0.2) is 12.1 Å². The molecule has 1 aliphatic heterocycles. The Kier molecular flexibility index (Phi) is 6.13. The highest BCUT2D eigenvalue weighted by molar-refractivity contribution is 7.16. The van der Waals surface area contributed by atoms with Crippen LogP contribution in [-0.2, 0) is 0 Å². The van der Waals surface area contributed by atoms with Crippen LogP contribution in [0.5, 0.6) is 0 Å². The van der Waals surface area contributed by atoms with Crippen LogP contribution in [0.2, 0.25) is 4.34 Å². The van der Waals surface area contributed by atoms with Gasteiger partial charge in [-0.1, -0.05) is 39.3 Å². The molecule has 0 radical (unpaired) electrons. The number of hydrogen-bond acceptors (Lipinski definition) is 3. The van der Waals surface area contributed by atoms with Gasteiger partial charge in [0.15, 0.2) is 0 Å². The zero-order chi connectivity index (χ0) is 15.6. The third kappa shape index (κ3) is 4.44. The maximum atomic E-state index is 6.13. The van der Waals surface area contributed by atoms with Crippen molar-refractivity contribution in [3.8, 4) is 0 Å². The number of nitrogens with one attached hydrogen (secondary N) is 1. The van der Waals surface area contributed by atoms with Crippen molar-refractivity contribution in [2.45, 2.75) is 59.2 Å². The molecule has 0 spiro atoms. The predicted molar refractivity (Wildman–Crippen MR) is 94.3 cm³/mol. The van der Waals surface area contributed by atoms with Crippen molar-refractivity contribution in [2.24, 2.45) is 11.8 Å². The summed E-state index contributed by atoms with van der Waals surface area (Å²) in [7, 11) is 0. The largest absolute Gasteiger partial charge is 0.311 e. The summed E-state index contributed by atoms with van der Waals surface area (Å²) in [4.78, 5) is 4.08. The van der Waals surface area contributed by atoms with E-state index in [1.165, 1.54) is 11.3 Å². The molecule has 1 saturated heterocycles. The molecule has 1 aliphatic rings. The highest BCUT2D eigenvalue weighted by atomic mass is 35.5. The SMILES string of the molecule is CC(C)CC1CN(C(C)c2ccc(Cl)s2)C(C(C)C)CN1. The lowest BCUT2D eigenvalue weighted by atomic mass is 9.93. The lowest BCUT2D eigenvalue weighted by Gasteiger charge is -2.45. The van der Waals surface area contributed by atoms with Crippen molar-refractivity contribution < 1.29 is 0 Å². The molecule has 1 aromatic rings. The molecule has 2 heterocycles. The second-order valence-electron chi connectivity index (χ2n) is 7.06. The molecule has 3 atom stereocenters. The summed E-state index contributed by atoms with van der Waals surface area (Å²) in [6.45, 7) is 13.8. The van der Waals surface area contributed by atoms with Crippen molar-refractivity contribution in [3.63, 3.8) is 0 Å². The van der Waals surface area contributed by atoms with Crippen molar-refractivity contribution in [1.29, 1.82) is 0 Å². The van der Waals surface area contributed by atoms with Crippen LogP contribution in [-0.4, -0.2) is 30.1 Å². The Morgan fingerprint density at radius 2 is 2.00 bits per heavy atom. The molecular weight excluding hydrogens is 300 g/mol. The number of nitrogens with zero attached hydrogens (tertiary/aromatic N) is 1. The highest BCUT2D eigenvalue weighted by Crippen LogP contribution is 2.34. The average Bonchev–Trinajstić information content (AvgIpc) is 2.83. The molecule has 3 unspecified atom stereocenters. The van der Waals surface area contributed by atoms with E-state index in [2.05, 4.69) is 50.9 Å². The van der Waals surface area contributed by atoms with Crippen LogP contribution in [0.1, 0.15) is 52.0 Å². The minimum atomic E-state index is 0.451. The van der Waals surface area contributed by atoms with E-state index in [0.29, 0.717) is 24.0 Å². The van der Waals surface area contributed by atoms with Crippen LogP contribution in [0.25, 0.3) is 0 Å². The number of thiophene rings is 1. The van der Waals surface area contributed by atoms with Gasteiger partial charge < -0.3 is 5.32 Å². The first kappa shape index (κ1) is 17.3. The molecule has 1 aromatic heterocycles. The Balaban J connectivity index is 2.13. The quantitative estimate of drug-likeness (QED) is 0.834. The van der Waals surface area contributed by atoms with E-state index in [9.17, 15) is 0 Å². The van der Waals surface area contributed by atoms with Gasteiger partial charge in [-0.15, -0.1) is 11.3 Å². The summed E-state index contributed by atoms with van der Waals surface area (Å²) in [5.41, 5.74) is 0. The minimum absolute atomic E-state index is 0.451. The number of piperazine rings is 1. The zero-order valence-electron chi connectivity index (χ0n) is 13.9. The molecule has 120 valence electrons. The molecule has 4 heteroatoms. The summed E-state index contributed by atoms with van der Waals surface area (Å²) in [6.07, 6.45) is 1.25. The Bertz CT molecular complexity index is 444. The van der Waals surface area contributed by atoms with Crippen LogP contribution < -0.4 is 5.32 Å². The van der Waals surface area contributed by atoms with Gasteiger partial charge in [-0.2, -0.15) is 0 Å². The molecule has 0 aliphatic carbocycles. The Morgan fingerprint density at radius 1 is 1.29 bits per heavy atom. The molecule has 1 N–H and O–H groups in total. The third-order valence-corrected chi connectivity index (χ3v) is 5.90. The van der Waals surface area contributed by atoms with Crippen LogP contribution in [0, 0.1) is 11.8 Å². The lowest BCUT2D eigenvalue weighted by Crippen LogP contribution is -2.58. The van der Waals surface area contributed by atoms with Crippen LogP contribution >= 0.6 is 22.9 Å². The second kappa shape index (κ2) is 7.45. The van der Waals surface area contributed by atoms with Gasteiger partial charge in [0.1, 0.15) is 0 Å². The van der Waals surface area contributed by atoms with E-state index in [-0.39, 0.29) is 0 Å². The van der Waals surface area contributed by atoms with Crippen molar-refractivity contribution in [3.05, 3.63) is 21.3 Å². The van der Waals surface area contributed by atoms with E-state index < -0.39 is 0 Å². The first-order chi connectivity index (χ1) is 9.88. The van der Waals surface area contributed by atoms with E-state index in [1.54, 1.807) is 11.3 Å². The zero-order valence-corrected chi connectivity index (χ0v) is 15.5. The van der Waals surface area contributed by atoms with Crippen molar-refractivity contribution in [2.75, 3.05) is 13.1 Å². The number of hydrogen-bond donors (Lipinski definition) is 1. The predicted octanol–water partition coefficient (Wildman–Crippen LogP) is 4.81. The topological polar surface area (TPSA) is 15.3 Å². The first-order valence-electron chi connectivity index (χ1n) is 8.12. The van der Waals surface area contributed by atoms with E-state index >= 15 is 0 Å². The normalized spacial score (nSPS) is 25.7. The summed E-state index contributed by atoms with van der Waals surface area (Å²) >= 11 is 7.85. The number of halogens is 1. The van der Waals surface area contributed by atoms with Gasteiger partial charge >= 0.3 is 0 Å². The smallest absolute Gasteiger partial charge is 0.0931 e. The fourth-order valence-corrected chi connectivity index (χ4v) is 4.50. The van der Waals surface area contributed by atoms with Crippen LogP contribution in [0.3, 0.4) is 0 Å².